The number of thiophene rings is 1. The molecule has 0 aromatic carbocycles. The highest BCUT2D eigenvalue weighted by Crippen LogP contribution is 2.19. The molecule has 22 heavy (non-hydrogen) atoms. The van der Waals surface area contributed by atoms with Gasteiger partial charge in [0.05, 0.1) is 6.54 Å². The van der Waals surface area contributed by atoms with Gasteiger partial charge in [0.15, 0.2) is 0 Å². The molecule has 0 saturated heterocycles. The first-order chi connectivity index (χ1) is 10.9. The van der Waals surface area contributed by atoms with Crippen molar-refractivity contribution in [1.82, 2.24) is 29.2 Å². The molecule has 0 saturated carbocycles. The van der Waals surface area contributed by atoms with E-state index in [-0.39, 0.29) is 0 Å². The van der Waals surface area contributed by atoms with Crippen molar-refractivity contribution in [3.05, 3.63) is 53.3 Å². The van der Waals surface area contributed by atoms with Crippen molar-refractivity contribution in [2.45, 2.75) is 26.2 Å². The largest absolute Gasteiger partial charge is 0.333 e. The van der Waals surface area contributed by atoms with Gasteiger partial charge in [0.25, 0.3) is 0 Å². The molecule has 114 valence electrons. The average Bonchev–Trinajstić information content (AvgIpc) is 3.22. The predicted octanol–water partition coefficient (Wildman–Crippen LogP) is 1.87. The van der Waals surface area contributed by atoms with Crippen LogP contribution in [0.1, 0.15) is 11.4 Å². The highest BCUT2D eigenvalue weighted by atomic mass is 32.1. The molecule has 0 spiro atoms. The molecule has 7 heteroatoms. The van der Waals surface area contributed by atoms with Crippen LogP contribution in [0.3, 0.4) is 0 Å². The molecule has 6 nitrogen and oxygen atoms in total. The van der Waals surface area contributed by atoms with E-state index in [0.29, 0.717) is 5.92 Å². The number of nitrogens with zero attached hydrogens (tertiary/aromatic N) is 6. The van der Waals surface area contributed by atoms with Gasteiger partial charge in [-0.25, -0.2) is 9.97 Å². The first-order valence-corrected chi connectivity index (χ1v) is 8.37. The van der Waals surface area contributed by atoms with Crippen LogP contribution in [0, 0.1) is 5.92 Å². The number of imidazole rings is 1. The van der Waals surface area contributed by atoms with Gasteiger partial charge in [0.1, 0.15) is 18.5 Å². The fourth-order valence-corrected chi connectivity index (χ4v) is 3.75. The summed E-state index contributed by atoms with van der Waals surface area (Å²) in [6, 6.07) is 2.20. The lowest BCUT2D eigenvalue weighted by Gasteiger charge is -2.23. The molecule has 3 aromatic rings. The SMILES string of the molecule is c1cn2c(n1)CN(Cc1ccsc1)C[C@H](Cn1cncn1)C2. The second-order valence-electron chi connectivity index (χ2n) is 5.78. The zero-order chi connectivity index (χ0) is 14.8. The quantitative estimate of drug-likeness (QED) is 0.738. The van der Waals surface area contributed by atoms with E-state index in [2.05, 4.69) is 47.6 Å². The van der Waals surface area contributed by atoms with Gasteiger partial charge in [-0.3, -0.25) is 9.58 Å². The Kier molecular flexibility index (Phi) is 3.74. The van der Waals surface area contributed by atoms with Crippen molar-refractivity contribution in [2.24, 2.45) is 5.92 Å². The summed E-state index contributed by atoms with van der Waals surface area (Å²) in [4.78, 5) is 11.0. The molecule has 0 N–H and O–H groups in total. The molecule has 0 amide bonds. The summed E-state index contributed by atoms with van der Waals surface area (Å²) in [7, 11) is 0. The van der Waals surface area contributed by atoms with E-state index >= 15 is 0 Å². The van der Waals surface area contributed by atoms with E-state index < -0.39 is 0 Å². The normalized spacial score (nSPS) is 19.0. The Morgan fingerprint density at radius 3 is 3.14 bits per heavy atom. The second-order valence-corrected chi connectivity index (χ2v) is 6.56. The minimum Gasteiger partial charge on any atom is -0.333 e. The van der Waals surface area contributed by atoms with E-state index in [0.717, 1.165) is 38.5 Å². The number of hydrogen-bond donors (Lipinski definition) is 0. The van der Waals surface area contributed by atoms with E-state index in [1.54, 1.807) is 24.0 Å². The van der Waals surface area contributed by atoms with Crippen molar-refractivity contribution in [2.75, 3.05) is 6.54 Å². The standard InChI is InChI=1S/C15H18N6S/c1-4-22-10-13(1)5-19-6-14(8-21-12-16-11-18-21)7-20-3-2-17-15(20)9-19/h1-4,10-12,14H,5-9H2/t14-/m0/s1. The van der Waals surface area contributed by atoms with Gasteiger partial charge in [0.2, 0.25) is 0 Å². The third-order valence-electron chi connectivity index (χ3n) is 4.04. The second kappa shape index (κ2) is 6.02. The zero-order valence-electron chi connectivity index (χ0n) is 12.2. The Labute approximate surface area is 133 Å². The minimum absolute atomic E-state index is 0.496. The smallest absolute Gasteiger partial charge is 0.137 e. The van der Waals surface area contributed by atoms with Crippen LogP contribution in [0.4, 0.5) is 0 Å². The maximum atomic E-state index is 4.52. The van der Waals surface area contributed by atoms with Crippen LogP contribution in [-0.4, -0.2) is 35.8 Å². The minimum atomic E-state index is 0.496. The summed E-state index contributed by atoms with van der Waals surface area (Å²) in [5, 5.41) is 8.62. The van der Waals surface area contributed by atoms with Crippen molar-refractivity contribution < 1.29 is 0 Å². The molecule has 3 aromatic heterocycles. The summed E-state index contributed by atoms with van der Waals surface area (Å²) in [5.41, 5.74) is 1.38. The summed E-state index contributed by atoms with van der Waals surface area (Å²) < 4.78 is 4.20. The first-order valence-electron chi connectivity index (χ1n) is 7.42. The van der Waals surface area contributed by atoms with E-state index in [1.807, 2.05) is 10.9 Å². The Hall–Kier alpha value is -1.99. The molecule has 0 bridgehead atoms. The van der Waals surface area contributed by atoms with Gasteiger partial charge in [-0.2, -0.15) is 16.4 Å². The molecule has 0 fully saturated rings. The van der Waals surface area contributed by atoms with Crippen LogP contribution < -0.4 is 0 Å². The van der Waals surface area contributed by atoms with E-state index in [1.165, 1.54) is 5.56 Å². The molecule has 4 heterocycles. The maximum Gasteiger partial charge on any atom is 0.137 e. The lowest BCUT2D eigenvalue weighted by molar-refractivity contribution is 0.205. The van der Waals surface area contributed by atoms with Crippen LogP contribution in [0.5, 0.6) is 0 Å². The van der Waals surface area contributed by atoms with Gasteiger partial charge in [0, 0.05) is 44.5 Å². The summed E-state index contributed by atoms with van der Waals surface area (Å²) in [5.74, 6) is 1.65. The summed E-state index contributed by atoms with van der Waals surface area (Å²) in [6.45, 7) is 4.78. The van der Waals surface area contributed by atoms with Gasteiger partial charge in [-0.05, 0) is 22.4 Å². The lowest BCUT2D eigenvalue weighted by Crippen LogP contribution is -2.30. The van der Waals surface area contributed by atoms with Gasteiger partial charge < -0.3 is 4.57 Å². The number of fused-ring (bicyclic) bond motifs is 1. The molecule has 4 rings (SSSR count). The molecular weight excluding hydrogens is 296 g/mol. The van der Waals surface area contributed by atoms with Gasteiger partial charge in [-0.15, -0.1) is 0 Å². The molecule has 1 atom stereocenters. The zero-order valence-corrected chi connectivity index (χ0v) is 13.1. The number of aromatic nitrogens is 5. The molecule has 1 aliphatic rings. The van der Waals surface area contributed by atoms with Crippen molar-refractivity contribution in [1.29, 1.82) is 0 Å². The summed E-state index contributed by atoms with van der Waals surface area (Å²) >= 11 is 1.76. The monoisotopic (exact) mass is 314 g/mol. The van der Waals surface area contributed by atoms with Crippen molar-refractivity contribution in [3.63, 3.8) is 0 Å². The lowest BCUT2D eigenvalue weighted by atomic mass is 10.1. The Morgan fingerprint density at radius 2 is 2.32 bits per heavy atom. The number of rotatable bonds is 4. The maximum absolute atomic E-state index is 4.52. The van der Waals surface area contributed by atoms with Crippen LogP contribution in [0.2, 0.25) is 0 Å². The van der Waals surface area contributed by atoms with Crippen LogP contribution in [0.15, 0.2) is 41.9 Å². The topological polar surface area (TPSA) is 51.8 Å². The predicted molar refractivity (Wildman–Crippen MR) is 84.2 cm³/mol. The third kappa shape index (κ3) is 2.95. The molecule has 1 aliphatic heterocycles. The third-order valence-corrected chi connectivity index (χ3v) is 4.77. The molecule has 0 unspecified atom stereocenters. The first kappa shape index (κ1) is 13.7. The molecular formula is C15H18N6S. The van der Waals surface area contributed by atoms with Crippen LogP contribution in [0.25, 0.3) is 0 Å². The Morgan fingerprint density at radius 1 is 1.32 bits per heavy atom. The van der Waals surface area contributed by atoms with Crippen LogP contribution in [-0.2, 0) is 26.2 Å². The highest BCUT2D eigenvalue weighted by molar-refractivity contribution is 7.07. The van der Waals surface area contributed by atoms with Crippen molar-refractivity contribution in [3.8, 4) is 0 Å². The molecule has 0 radical (unpaired) electrons. The highest BCUT2D eigenvalue weighted by Gasteiger charge is 2.23. The van der Waals surface area contributed by atoms with Crippen LogP contribution >= 0.6 is 11.3 Å². The van der Waals surface area contributed by atoms with Gasteiger partial charge >= 0.3 is 0 Å². The van der Waals surface area contributed by atoms with Gasteiger partial charge in [-0.1, -0.05) is 0 Å². The Balaban J connectivity index is 1.54. The van der Waals surface area contributed by atoms with E-state index in [9.17, 15) is 0 Å². The fraction of sp³-hybridized carbons (Fsp3) is 0.400. The van der Waals surface area contributed by atoms with E-state index in [4.69, 9.17) is 0 Å². The Bertz CT molecular complexity index is 644. The number of hydrogen-bond acceptors (Lipinski definition) is 5. The molecule has 0 aliphatic carbocycles. The van der Waals surface area contributed by atoms with Crippen molar-refractivity contribution >= 4 is 11.3 Å². The average molecular weight is 314 g/mol. The fourth-order valence-electron chi connectivity index (χ4n) is 3.09. The summed E-state index contributed by atoms with van der Waals surface area (Å²) in [6.07, 6.45) is 7.37.